The Labute approximate surface area is 104 Å². The minimum atomic E-state index is -0.433. The lowest BCUT2D eigenvalue weighted by atomic mass is 10.1. The van der Waals surface area contributed by atoms with Gasteiger partial charge in [0.25, 0.3) is 0 Å². The van der Waals surface area contributed by atoms with Crippen molar-refractivity contribution in [2.45, 2.75) is 6.42 Å². The molecule has 0 radical (unpaired) electrons. The van der Waals surface area contributed by atoms with Gasteiger partial charge in [-0.05, 0) is 30.7 Å². The molecule has 1 aromatic rings. The van der Waals surface area contributed by atoms with E-state index in [1.54, 1.807) is 6.07 Å². The van der Waals surface area contributed by atoms with Crippen LogP contribution in [0.4, 0.5) is 4.39 Å². The SMILES string of the molecule is NC1=C[C@H](CCOc2ccc(Cl)cc2F)CN1. The highest BCUT2D eigenvalue weighted by molar-refractivity contribution is 6.30. The Morgan fingerprint density at radius 1 is 1.53 bits per heavy atom. The van der Waals surface area contributed by atoms with E-state index in [4.69, 9.17) is 22.1 Å². The van der Waals surface area contributed by atoms with Crippen LogP contribution < -0.4 is 15.8 Å². The third kappa shape index (κ3) is 3.27. The van der Waals surface area contributed by atoms with Crippen molar-refractivity contribution < 1.29 is 9.13 Å². The van der Waals surface area contributed by atoms with Gasteiger partial charge in [-0.2, -0.15) is 0 Å². The Morgan fingerprint density at radius 3 is 3.00 bits per heavy atom. The molecule has 92 valence electrons. The molecule has 1 aliphatic rings. The molecule has 0 saturated heterocycles. The first-order valence-corrected chi connectivity index (χ1v) is 5.82. The molecule has 2 rings (SSSR count). The number of nitrogens with two attached hydrogens (primary N) is 1. The van der Waals surface area contributed by atoms with Gasteiger partial charge >= 0.3 is 0 Å². The zero-order valence-corrected chi connectivity index (χ0v) is 10.0. The molecular weight excluding hydrogens is 243 g/mol. The molecule has 0 spiro atoms. The number of hydrogen-bond donors (Lipinski definition) is 2. The summed E-state index contributed by atoms with van der Waals surface area (Å²) in [6, 6.07) is 4.38. The second kappa shape index (κ2) is 5.27. The first-order chi connectivity index (χ1) is 8.15. The van der Waals surface area contributed by atoms with Gasteiger partial charge in [0.1, 0.15) is 0 Å². The average molecular weight is 257 g/mol. The molecule has 1 aliphatic heterocycles. The number of benzene rings is 1. The number of hydrogen-bond acceptors (Lipinski definition) is 3. The highest BCUT2D eigenvalue weighted by Gasteiger charge is 2.13. The second-order valence-corrected chi connectivity index (χ2v) is 4.41. The minimum Gasteiger partial charge on any atom is -0.490 e. The molecule has 1 aromatic carbocycles. The molecule has 0 aliphatic carbocycles. The van der Waals surface area contributed by atoms with E-state index in [2.05, 4.69) is 5.32 Å². The fourth-order valence-electron chi connectivity index (χ4n) is 1.72. The van der Waals surface area contributed by atoms with Gasteiger partial charge in [-0.15, -0.1) is 0 Å². The molecule has 0 amide bonds. The first-order valence-electron chi connectivity index (χ1n) is 5.44. The van der Waals surface area contributed by atoms with Gasteiger partial charge in [-0.1, -0.05) is 11.6 Å². The van der Waals surface area contributed by atoms with Gasteiger partial charge < -0.3 is 15.8 Å². The van der Waals surface area contributed by atoms with Crippen LogP contribution >= 0.6 is 11.6 Å². The van der Waals surface area contributed by atoms with Crippen molar-refractivity contribution in [3.63, 3.8) is 0 Å². The summed E-state index contributed by atoms with van der Waals surface area (Å²) in [6.07, 6.45) is 2.76. The molecule has 0 unspecified atom stereocenters. The van der Waals surface area contributed by atoms with Gasteiger partial charge in [0.15, 0.2) is 11.6 Å². The van der Waals surface area contributed by atoms with E-state index in [1.807, 2.05) is 6.08 Å². The van der Waals surface area contributed by atoms with E-state index in [9.17, 15) is 4.39 Å². The lowest BCUT2D eigenvalue weighted by Gasteiger charge is -2.09. The maximum absolute atomic E-state index is 13.4. The maximum atomic E-state index is 13.4. The van der Waals surface area contributed by atoms with Crippen LogP contribution in [-0.4, -0.2) is 13.2 Å². The zero-order chi connectivity index (χ0) is 12.3. The Balaban J connectivity index is 1.82. The van der Waals surface area contributed by atoms with Crippen LogP contribution in [0.25, 0.3) is 0 Å². The highest BCUT2D eigenvalue weighted by atomic mass is 35.5. The monoisotopic (exact) mass is 256 g/mol. The third-order valence-corrected chi connectivity index (χ3v) is 2.86. The standard InChI is InChI=1S/C12H14ClFN2O/c13-9-1-2-11(10(14)6-9)17-4-3-8-5-12(15)16-7-8/h1-2,5-6,8,16H,3-4,7,15H2/t8-/m0/s1. The van der Waals surface area contributed by atoms with Crippen molar-refractivity contribution in [1.29, 1.82) is 0 Å². The summed E-state index contributed by atoms with van der Waals surface area (Å²) in [7, 11) is 0. The molecule has 17 heavy (non-hydrogen) atoms. The highest BCUT2D eigenvalue weighted by Crippen LogP contribution is 2.21. The van der Waals surface area contributed by atoms with Gasteiger partial charge in [0, 0.05) is 17.5 Å². The molecule has 5 heteroatoms. The number of halogens is 2. The predicted octanol–water partition coefficient (Wildman–Crippen LogP) is 2.27. The Bertz CT molecular complexity index is 437. The van der Waals surface area contributed by atoms with E-state index < -0.39 is 5.82 Å². The molecule has 3 N–H and O–H groups in total. The molecular formula is C12H14ClFN2O. The molecule has 0 fully saturated rings. The van der Waals surface area contributed by atoms with Crippen LogP contribution in [-0.2, 0) is 0 Å². The van der Waals surface area contributed by atoms with Gasteiger partial charge in [0.2, 0.25) is 0 Å². The summed E-state index contributed by atoms with van der Waals surface area (Å²) in [4.78, 5) is 0. The smallest absolute Gasteiger partial charge is 0.166 e. The van der Waals surface area contributed by atoms with Crippen LogP contribution in [0, 0.1) is 11.7 Å². The van der Waals surface area contributed by atoms with Crippen LogP contribution in [0.3, 0.4) is 0 Å². The zero-order valence-electron chi connectivity index (χ0n) is 9.25. The van der Waals surface area contributed by atoms with Gasteiger partial charge in [0.05, 0.1) is 12.4 Å². The Hall–Kier alpha value is -1.42. The summed E-state index contributed by atoms with van der Waals surface area (Å²) in [5.74, 6) is 0.854. The molecule has 0 bridgehead atoms. The van der Waals surface area contributed by atoms with Crippen molar-refractivity contribution in [3.05, 3.63) is 40.9 Å². The van der Waals surface area contributed by atoms with Crippen LogP contribution in [0.2, 0.25) is 5.02 Å². The van der Waals surface area contributed by atoms with E-state index in [-0.39, 0.29) is 5.75 Å². The fourth-order valence-corrected chi connectivity index (χ4v) is 1.88. The van der Waals surface area contributed by atoms with Crippen LogP contribution in [0.1, 0.15) is 6.42 Å². The molecule has 1 atom stereocenters. The molecule has 0 aromatic heterocycles. The minimum absolute atomic E-state index is 0.234. The molecule has 0 saturated carbocycles. The number of ether oxygens (including phenoxy) is 1. The first kappa shape index (κ1) is 12.0. The molecule has 1 heterocycles. The van der Waals surface area contributed by atoms with E-state index >= 15 is 0 Å². The largest absolute Gasteiger partial charge is 0.490 e. The van der Waals surface area contributed by atoms with Crippen molar-refractivity contribution in [3.8, 4) is 5.75 Å². The maximum Gasteiger partial charge on any atom is 0.166 e. The van der Waals surface area contributed by atoms with Crippen molar-refractivity contribution in [1.82, 2.24) is 5.32 Å². The van der Waals surface area contributed by atoms with E-state index in [1.165, 1.54) is 12.1 Å². The summed E-state index contributed by atoms with van der Waals surface area (Å²) in [5, 5.41) is 3.40. The normalized spacial score (nSPS) is 18.7. The molecule has 3 nitrogen and oxygen atoms in total. The topological polar surface area (TPSA) is 47.3 Å². The summed E-state index contributed by atoms with van der Waals surface area (Å²) >= 11 is 5.65. The van der Waals surface area contributed by atoms with Gasteiger partial charge in [-0.25, -0.2) is 4.39 Å². The third-order valence-electron chi connectivity index (χ3n) is 2.62. The van der Waals surface area contributed by atoms with Crippen LogP contribution in [0.5, 0.6) is 5.75 Å². The van der Waals surface area contributed by atoms with E-state index in [0.717, 1.165) is 13.0 Å². The van der Waals surface area contributed by atoms with Crippen molar-refractivity contribution >= 4 is 11.6 Å². The quantitative estimate of drug-likeness (QED) is 0.869. The summed E-state index contributed by atoms with van der Waals surface area (Å²) in [6.45, 7) is 1.27. The van der Waals surface area contributed by atoms with Crippen LogP contribution in [0.15, 0.2) is 30.1 Å². The fraction of sp³-hybridized carbons (Fsp3) is 0.333. The lowest BCUT2D eigenvalue weighted by Crippen LogP contribution is -2.17. The van der Waals surface area contributed by atoms with Crippen molar-refractivity contribution in [2.24, 2.45) is 11.7 Å². The van der Waals surface area contributed by atoms with E-state index in [0.29, 0.717) is 23.4 Å². The Kier molecular flexibility index (Phi) is 3.74. The number of nitrogens with one attached hydrogen (secondary N) is 1. The lowest BCUT2D eigenvalue weighted by molar-refractivity contribution is 0.280. The summed E-state index contributed by atoms with van der Waals surface area (Å²) in [5.41, 5.74) is 5.58. The van der Waals surface area contributed by atoms with Crippen molar-refractivity contribution in [2.75, 3.05) is 13.2 Å². The Morgan fingerprint density at radius 2 is 2.35 bits per heavy atom. The number of rotatable bonds is 4. The average Bonchev–Trinajstić information content (AvgIpc) is 2.68. The van der Waals surface area contributed by atoms with Gasteiger partial charge in [-0.3, -0.25) is 0 Å². The summed E-state index contributed by atoms with van der Waals surface area (Å²) < 4.78 is 18.7. The predicted molar refractivity (Wildman–Crippen MR) is 65.3 cm³/mol. The second-order valence-electron chi connectivity index (χ2n) is 3.97.